The van der Waals surface area contributed by atoms with E-state index in [0.717, 1.165) is 5.56 Å². The average Bonchev–Trinajstić information content (AvgIpc) is 3.13. The molecule has 1 atom stereocenters. The van der Waals surface area contributed by atoms with Crippen molar-refractivity contribution in [3.8, 4) is 11.5 Å². The van der Waals surface area contributed by atoms with Gasteiger partial charge in [0.1, 0.15) is 5.82 Å². The molecule has 0 radical (unpaired) electrons. The summed E-state index contributed by atoms with van der Waals surface area (Å²) < 4.78 is 23.8. The molecule has 0 spiro atoms. The van der Waals surface area contributed by atoms with Crippen LogP contribution in [0.4, 0.5) is 4.39 Å². The van der Waals surface area contributed by atoms with E-state index in [-0.39, 0.29) is 29.8 Å². The van der Waals surface area contributed by atoms with Crippen LogP contribution in [0.15, 0.2) is 36.4 Å². The zero-order valence-corrected chi connectivity index (χ0v) is 17.7. The van der Waals surface area contributed by atoms with Gasteiger partial charge >= 0.3 is 0 Å². The lowest BCUT2D eigenvalue weighted by Crippen LogP contribution is -2.33. The van der Waals surface area contributed by atoms with Gasteiger partial charge in [0.05, 0.1) is 25.2 Å². The predicted molar refractivity (Wildman–Crippen MR) is 111 cm³/mol. The van der Waals surface area contributed by atoms with E-state index in [1.54, 1.807) is 25.2 Å². The third-order valence-electron chi connectivity index (χ3n) is 5.15. The minimum Gasteiger partial charge on any atom is -0.493 e. The molecule has 1 N–H and O–H groups in total. The second-order valence-corrected chi connectivity index (χ2v) is 7.55. The van der Waals surface area contributed by atoms with Crippen molar-refractivity contribution in [3.63, 3.8) is 0 Å². The molecule has 0 aromatic heterocycles. The van der Waals surface area contributed by atoms with E-state index < -0.39 is 11.7 Å². The zero-order chi connectivity index (χ0) is 21.7. The Kier molecular flexibility index (Phi) is 7.15. The smallest absolute Gasteiger partial charge is 0.225 e. The fourth-order valence-corrected chi connectivity index (χ4v) is 3.65. The van der Waals surface area contributed by atoms with E-state index >= 15 is 0 Å². The van der Waals surface area contributed by atoms with Crippen molar-refractivity contribution >= 4 is 23.4 Å². The van der Waals surface area contributed by atoms with E-state index in [2.05, 4.69) is 5.32 Å². The lowest BCUT2D eigenvalue weighted by atomic mass is 10.1. The molecule has 0 bridgehead atoms. The Hall–Kier alpha value is -2.80. The van der Waals surface area contributed by atoms with Crippen molar-refractivity contribution in [2.45, 2.75) is 19.4 Å². The summed E-state index contributed by atoms with van der Waals surface area (Å²) >= 11 is 5.76. The summed E-state index contributed by atoms with van der Waals surface area (Å²) in [6.07, 6.45) is 0.830. The minimum absolute atomic E-state index is 0.0131. The summed E-state index contributed by atoms with van der Waals surface area (Å²) in [4.78, 5) is 26.5. The normalized spacial score (nSPS) is 15.9. The molecule has 2 amide bonds. The predicted octanol–water partition coefficient (Wildman–Crippen LogP) is 3.20. The van der Waals surface area contributed by atoms with Gasteiger partial charge in [-0.05, 0) is 41.8 Å². The molecule has 1 aliphatic rings. The molecular weight excluding hydrogens is 411 g/mol. The third kappa shape index (κ3) is 5.21. The topological polar surface area (TPSA) is 67.9 Å². The highest BCUT2D eigenvalue weighted by Gasteiger charge is 2.33. The standard InChI is InChI=1S/C22H24ClFN2O4/c1-29-19-6-4-14(10-20(19)30-2)7-8-26-13-16(11-21(26)27)22(28)25-12-15-3-5-18(24)17(23)9-15/h3-6,9-10,16H,7-8,11-13H2,1-2H3,(H,25,28)/t16-/m0/s1. The lowest BCUT2D eigenvalue weighted by Gasteiger charge is -2.17. The first-order valence-electron chi connectivity index (χ1n) is 9.61. The van der Waals surface area contributed by atoms with Crippen molar-refractivity contribution < 1.29 is 23.5 Å². The molecule has 6 nitrogen and oxygen atoms in total. The first kappa shape index (κ1) is 21.9. The summed E-state index contributed by atoms with van der Waals surface area (Å²) in [5.41, 5.74) is 1.71. The number of hydrogen-bond acceptors (Lipinski definition) is 4. The van der Waals surface area contributed by atoms with Gasteiger partial charge in [0.25, 0.3) is 0 Å². The highest BCUT2D eigenvalue weighted by molar-refractivity contribution is 6.30. The second-order valence-electron chi connectivity index (χ2n) is 7.15. The number of ether oxygens (including phenoxy) is 2. The number of amides is 2. The van der Waals surface area contributed by atoms with Gasteiger partial charge in [-0.25, -0.2) is 4.39 Å². The maximum Gasteiger partial charge on any atom is 0.225 e. The SMILES string of the molecule is COc1ccc(CCN2C[C@@H](C(=O)NCc3ccc(F)c(Cl)c3)CC2=O)cc1OC. The van der Waals surface area contributed by atoms with E-state index in [1.807, 2.05) is 18.2 Å². The van der Waals surface area contributed by atoms with Gasteiger partial charge in [0.2, 0.25) is 11.8 Å². The molecule has 1 aliphatic heterocycles. The number of carbonyl (C=O) groups is 2. The quantitative estimate of drug-likeness (QED) is 0.692. The van der Waals surface area contributed by atoms with Gasteiger partial charge in [-0.3, -0.25) is 9.59 Å². The Morgan fingerprint density at radius 1 is 1.17 bits per heavy atom. The highest BCUT2D eigenvalue weighted by Crippen LogP contribution is 2.28. The largest absolute Gasteiger partial charge is 0.493 e. The maximum atomic E-state index is 13.2. The molecule has 0 saturated carbocycles. The van der Waals surface area contributed by atoms with Crippen molar-refractivity contribution in [1.29, 1.82) is 0 Å². The van der Waals surface area contributed by atoms with Crippen molar-refractivity contribution in [2.24, 2.45) is 5.92 Å². The molecule has 30 heavy (non-hydrogen) atoms. The number of likely N-dealkylation sites (tertiary alicyclic amines) is 1. The fourth-order valence-electron chi connectivity index (χ4n) is 3.45. The van der Waals surface area contributed by atoms with Gasteiger partial charge in [-0.2, -0.15) is 0 Å². The van der Waals surface area contributed by atoms with Crippen LogP contribution in [-0.4, -0.2) is 44.0 Å². The van der Waals surface area contributed by atoms with Crippen LogP contribution in [0.1, 0.15) is 17.5 Å². The molecule has 0 aliphatic carbocycles. The van der Waals surface area contributed by atoms with E-state index in [1.165, 1.54) is 12.1 Å². The fraction of sp³-hybridized carbons (Fsp3) is 0.364. The van der Waals surface area contributed by atoms with Gasteiger partial charge in [0, 0.05) is 26.1 Å². The zero-order valence-electron chi connectivity index (χ0n) is 16.9. The Morgan fingerprint density at radius 3 is 2.60 bits per heavy atom. The number of methoxy groups -OCH3 is 2. The first-order chi connectivity index (χ1) is 14.4. The van der Waals surface area contributed by atoms with Crippen LogP contribution >= 0.6 is 11.6 Å². The Balaban J connectivity index is 1.51. The summed E-state index contributed by atoms with van der Waals surface area (Å²) in [5.74, 6) is 0.147. The van der Waals surface area contributed by atoms with E-state index in [9.17, 15) is 14.0 Å². The Morgan fingerprint density at radius 2 is 1.90 bits per heavy atom. The van der Waals surface area contributed by atoms with Crippen LogP contribution in [0.25, 0.3) is 0 Å². The van der Waals surface area contributed by atoms with Gasteiger partial charge in [-0.15, -0.1) is 0 Å². The first-order valence-corrected chi connectivity index (χ1v) is 9.99. The molecule has 1 heterocycles. The third-order valence-corrected chi connectivity index (χ3v) is 5.44. The van der Waals surface area contributed by atoms with E-state index in [4.69, 9.17) is 21.1 Å². The molecule has 8 heteroatoms. The van der Waals surface area contributed by atoms with Crippen LogP contribution in [-0.2, 0) is 22.6 Å². The summed E-state index contributed by atoms with van der Waals surface area (Å²) in [5, 5.41) is 2.81. The maximum absolute atomic E-state index is 13.2. The molecule has 3 rings (SSSR count). The number of benzene rings is 2. The molecule has 2 aromatic carbocycles. The molecule has 1 saturated heterocycles. The summed E-state index contributed by atoms with van der Waals surface area (Å²) in [6.45, 7) is 1.13. The van der Waals surface area contributed by atoms with E-state index in [0.29, 0.717) is 36.6 Å². The average molecular weight is 435 g/mol. The van der Waals surface area contributed by atoms with Crippen LogP contribution < -0.4 is 14.8 Å². The van der Waals surface area contributed by atoms with Crippen LogP contribution in [0.3, 0.4) is 0 Å². The Labute approximate surface area is 179 Å². The molecular formula is C22H24ClFN2O4. The number of rotatable bonds is 8. The highest BCUT2D eigenvalue weighted by atomic mass is 35.5. The summed E-state index contributed by atoms with van der Waals surface area (Å²) in [7, 11) is 3.16. The van der Waals surface area contributed by atoms with Crippen LogP contribution in [0.5, 0.6) is 11.5 Å². The summed E-state index contributed by atoms with van der Waals surface area (Å²) in [6, 6.07) is 9.96. The van der Waals surface area contributed by atoms with Crippen LogP contribution in [0, 0.1) is 11.7 Å². The minimum atomic E-state index is -0.502. The van der Waals surface area contributed by atoms with Crippen molar-refractivity contribution in [3.05, 3.63) is 58.4 Å². The molecule has 0 unspecified atom stereocenters. The van der Waals surface area contributed by atoms with Crippen LogP contribution in [0.2, 0.25) is 5.02 Å². The number of nitrogens with zero attached hydrogens (tertiary/aromatic N) is 1. The lowest BCUT2D eigenvalue weighted by molar-refractivity contribution is -0.129. The van der Waals surface area contributed by atoms with Gasteiger partial charge < -0.3 is 19.7 Å². The van der Waals surface area contributed by atoms with Gasteiger partial charge in [-0.1, -0.05) is 23.7 Å². The monoisotopic (exact) mass is 434 g/mol. The number of nitrogens with one attached hydrogen (secondary N) is 1. The molecule has 160 valence electrons. The van der Waals surface area contributed by atoms with Crippen molar-refractivity contribution in [1.82, 2.24) is 10.2 Å². The number of halogens is 2. The number of carbonyl (C=O) groups excluding carboxylic acids is 2. The van der Waals surface area contributed by atoms with Gasteiger partial charge in [0.15, 0.2) is 11.5 Å². The number of hydrogen-bond donors (Lipinski definition) is 1. The molecule has 1 fully saturated rings. The molecule has 2 aromatic rings. The second kappa shape index (κ2) is 9.80. The Bertz CT molecular complexity index is 937. The van der Waals surface area contributed by atoms with Crippen molar-refractivity contribution in [2.75, 3.05) is 27.3 Å².